The molecule has 2 aromatic rings. The van der Waals surface area contributed by atoms with Crippen molar-refractivity contribution in [2.45, 2.75) is 6.04 Å². The summed E-state index contributed by atoms with van der Waals surface area (Å²) in [7, 11) is 5.18. The van der Waals surface area contributed by atoms with Gasteiger partial charge in [-0.05, 0) is 42.9 Å². The van der Waals surface area contributed by atoms with Crippen molar-refractivity contribution in [2.24, 2.45) is 0 Å². The molecule has 0 amide bonds. The summed E-state index contributed by atoms with van der Waals surface area (Å²) in [6.45, 7) is 0. The molecule has 21 heavy (non-hydrogen) atoms. The van der Waals surface area contributed by atoms with E-state index in [2.05, 4.69) is 21.2 Å². The van der Waals surface area contributed by atoms with E-state index in [0.717, 1.165) is 27.1 Å². The fraction of sp³-hybridized carbons (Fsp3) is 0.250. The van der Waals surface area contributed by atoms with Gasteiger partial charge in [0, 0.05) is 9.50 Å². The van der Waals surface area contributed by atoms with Crippen molar-refractivity contribution in [3.05, 3.63) is 57.0 Å². The molecule has 0 bridgehead atoms. The van der Waals surface area contributed by atoms with Crippen molar-refractivity contribution in [3.8, 4) is 11.5 Å². The Balaban J connectivity index is 2.63. The number of methoxy groups -OCH3 is 2. The first-order chi connectivity index (χ1) is 10.1. The Bertz CT molecular complexity index is 611. The van der Waals surface area contributed by atoms with Gasteiger partial charge in [0.15, 0.2) is 0 Å². The predicted octanol–water partition coefficient (Wildman–Crippen LogP) is 4.43. The summed E-state index contributed by atoms with van der Waals surface area (Å²) in [5.74, 6) is 1.51. The standard InChI is InChI=1S/C16H17BrClNO2/c1-19-16(11-9-10(17)7-8-12(11)18)15-13(20-2)5-4-6-14(15)21-3/h4-9,16,19H,1-3H3. The molecule has 0 aliphatic rings. The third kappa shape index (κ3) is 3.34. The second-order valence-corrected chi connectivity index (χ2v) is 5.79. The lowest BCUT2D eigenvalue weighted by Gasteiger charge is -2.23. The highest BCUT2D eigenvalue weighted by molar-refractivity contribution is 9.10. The molecule has 1 unspecified atom stereocenters. The van der Waals surface area contributed by atoms with Gasteiger partial charge in [0.1, 0.15) is 11.5 Å². The monoisotopic (exact) mass is 369 g/mol. The normalized spacial score (nSPS) is 12.0. The van der Waals surface area contributed by atoms with Gasteiger partial charge in [-0.3, -0.25) is 0 Å². The molecule has 0 aliphatic heterocycles. The molecule has 0 fully saturated rings. The zero-order chi connectivity index (χ0) is 15.4. The van der Waals surface area contributed by atoms with Gasteiger partial charge >= 0.3 is 0 Å². The Morgan fingerprint density at radius 1 is 1.10 bits per heavy atom. The van der Waals surface area contributed by atoms with Crippen molar-refractivity contribution >= 4 is 27.5 Å². The third-order valence-corrected chi connectivity index (χ3v) is 4.15. The highest BCUT2D eigenvalue weighted by atomic mass is 79.9. The average molecular weight is 371 g/mol. The summed E-state index contributed by atoms with van der Waals surface area (Å²) in [6, 6.07) is 11.4. The molecule has 1 atom stereocenters. The minimum Gasteiger partial charge on any atom is -0.496 e. The van der Waals surface area contributed by atoms with Crippen molar-refractivity contribution in [3.63, 3.8) is 0 Å². The van der Waals surface area contributed by atoms with E-state index in [1.807, 2.05) is 43.4 Å². The molecule has 2 rings (SSSR count). The SMILES string of the molecule is CNC(c1cc(Br)ccc1Cl)c1c(OC)cccc1OC. The highest BCUT2D eigenvalue weighted by Crippen LogP contribution is 2.39. The van der Waals surface area contributed by atoms with E-state index in [1.54, 1.807) is 14.2 Å². The van der Waals surface area contributed by atoms with Gasteiger partial charge in [0.2, 0.25) is 0 Å². The Morgan fingerprint density at radius 2 is 1.71 bits per heavy atom. The summed E-state index contributed by atoms with van der Waals surface area (Å²) in [5.41, 5.74) is 1.88. The first kappa shape index (κ1) is 16.1. The van der Waals surface area contributed by atoms with E-state index in [4.69, 9.17) is 21.1 Å². The second-order valence-electron chi connectivity index (χ2n) is 4.46. The van der Waals surface area contributed by atoms with E-state index in [0.29, 0.717) is 5.02 Å². The zero-order valence-electron chi connectivity index (χ0n) is 12.1. The smallest absolute Gasteiger partial charge is 0.127 e. The van der Waals surface area contributed by atoms with Crippen LogP contribution in [0.2, 0.25) is 5.02 Å². The van der Waals surface area contributed by atoms with E-state index in [9.17, 15) is 0 Å². The molecule has 5 heteroatoms. The maximum absolute atomic E-state index is 6.37. The largest absolute Gasteiger partial charge is 0.496 e. The van der Waals surface area contributed by atoms with Gasteiger partial charge < -0.3 is 14.8 Å². The zero-order valence-corrected chi connectivity index (χ0v) is 14.5. The van der Waals surface area contributed by atoms with E-state index in [1.165, 1.54) is 0 Å². The van der Waals surface area contributed by atoms with E-state index in [-0.39, 0.29) is 6.04 Å². The lowest BCUT2D eigenvalue weighted by Crippen LogP contribution is -2.19. The highest BCUT2D eigenvalue weighted by Gasteiger charge is 2.23. The van der Waals surface area contributed by atoms with Crippen LogP contribution in [0.3, 0.4) is 0 Å². The Kier molecular flexibility index (Phi) is 5.51. The lowest BCUT2D eigenvalue weighted by molar-refractivity contribution is 0.379. The van der Waals surface area contributed by atoms with Crippen LogP contribution >= 0.6 is 27.5 Å². The van der Waals surface area contributed by atoms with Crippen molar-refractivity contribution in [1.82, 2.24) is 5.32 Å². The molecule has 3 nitrogen and oxygen atoms in total. The number of hydrogen-bond acceptors (Lipinski definition) is 3. The Labute approximate surface area is 138 Å². The Hall–Kier alpha value is -1.23. The molecule has 0 heterocycles. The first-order valence-corrected chi connectivity index (χ1v) is 7.62. The quantitative estimate of drug-likeness (QED) is 0.844. The minimum atomic E-state index is -0.138. The molecule has 0 saturated carbocycles. The van der Waals surface area contributed by atoms with Gasteiger partial charge in [-0.15, -0.1) is 0 Å². The van der Waals surface area contributed by atoms with Gasteiger partial charge in [-0.1, -0.05) is 33.6 Å². The van der Waals surface area contributed by atoms with Gasteiger partial charge in [-0.2, -0.15) is 0 Å². The Morgan fingerprint density at radius 3 is 2.24 bits per heavy atom. The summed E-state index contributed by atoms with van der Waals surface area (Å²) < 4.78 is 11.9. The van der Waals surface area contributed by atoms with Crippen LogP contribution < -0.4 is 14.8 Å². The maximum Gasteiger partial charge on any atom is 0.127 e. The summed E-state index contributed by atoms with van der Waals surface area (Å²) in [5, 5.41) is 3.97. The molecule has 0 spiro atoms. The molecule has 0 saturated heterocycles. The van der Waals surface area contributed by atoms with Gasteiger partial charge in [-0.25, -0.2) is 0 Å². The fourth-order valence-corrected chi connectivity index (χ4v) is 2.96. The van der Waals surface area contributed by atoms with Crippen LogP contribution in [-0.4, -0.2) is 21.3 Å². The van der Waals surface area contributed by atoms with Crippen LogP contribution in [0.1, 0.15) is 17.2 Å². The van der Waals surface area contributed by atoms with Crippen LogP contribution in [0, 0.1) is 0 Å². The second kappa shape index (κ2) is 7.16. The van der Waals surface area contributed by atoms with Crippen LogP contribution in [0.5, 0.6) is 11.5 Å². The number of halogens is 2. The third-order valence-electron chi connectivity index (χ3n) is 3.31. The number of nitrogens with one attached hydrogen (secondary N) is 1. The first-order valence-electron chi connectivity index (χ1n) is 6.45. The molecule has 0 radical (unpaired) electrons. The molecule has 112 valence electrons. The molecular formula is C16H17BrClNO2. The van der Waals surface area contributed by atoms with Gasteiger partial charge in [0.25, 0.3) is 0 Å². The summed E-state index contributed by atoms with van der Waals surface area (Å²) in [6.07, 6.45) is 0. The van der Waals surface area contributed by atoms with Crippen molar-refractivity contribution < 1.29 is 9.47 Å². The molecule has 1 N–H and O–H groups in total. The van der Waals surface area contributed by atoms with E-state index < -0.39 is 0 Å². The minimum absolute atomic E-state index is 0.138. The summed E-state index contributed by atoms with van der Waals surface area (Å²) >= 11 is 9.86. The van der Waals surface area contributed by atoms with Crippen LogP contribution in [0.25, 0.3) is 0 Å². The summed E-state index contributed by atoms with van der Waals surface area (Å²) in [4.78, 5) is 0. The van der Waals surface area contributed by atoms with Crippen LogP contribution in [0.15, 0.2) is 40.9 Å². The van der Waals surface area contributed by atoms with Crippen LogP contribution in [-0.2, 0) is 0 Å². The maximum atomic E-state index is 6.37. The fourth-order valence-electron chi connectivity index (χ4n) is 2.36. The van der Waals surface area contributed by atoms with E-state index >= 15 is 0 Å². The molecule has 0 aliphatic carbocycles. The predicted molar refractivity (Wildman–Crippen MR) is 89.6 cm³/mol. The number of benzene rings is 2. The van der Waals surface area contributed by atoms with Gasteiger partial charge in [0.05, 0.1) is 25.8 Å². The van der Waals surface area contributed by atoms with Crippen molar-refractivity contribution in [2.75, 3.05) is 21.3 Å². The number of hydrogen-bond donors (Lipinski definition) is 1. The van der Waals surface area contributed by atoms with Crippen LogP contribution in [0.4, 0.5) is 0 Å². The molecule has 2 aromatic carbocycles. The topological polar surface area (TPSA) is 30.5 Å². The number of ether oxygens (including phenoxy) is 2. The average Bonchev–Trinajstić information content (AvgIpc) is 2.51. The molecule has 0 aromatic heterocycles. The lowest BCUT2D eigenvalue weighted by atomic mass is 9.97. The molecular weight excluding hydrogens is 354 g/mol. The van der Waals surface area contributed by atoms with Crippen molar-refractivity contribution in [1.29, 1.82) is 0 Å². The number of rotatable bonds is 5.